The highest BCUT2D eigenvalue weighted by molar-refractivity contribution is 4.95. The van der Waals surface area contributed by atoms with Crippen molar-refractivity contribution < 1.29 is 52.1 Å². The molecule has 0 aromatic carbocycles. The van der Waals surface area contributed by atoms with Crippen LogP contribution in [0.5, 0.6) is 0 Å². The summed E-state index contributed by atoms with van der Waals surface area (Å²) in [4.78, 5) is 0. The van der Waals surface area contributed by atoms with Gasteiger partial charge < -0.3 is 52.1 Å². The first-order chi connectivity index (χ1) is 31.2. The molecule has 0 spiro atoms. The van der Waals surface area contributed by atoms with E-state index in [-0.39, 0.29) is 133 Å². The van der Waals surface area contributed by atoms with Gasteiger partial charge in [-0.1, -0.05) is 125 Å². The average molecular weight is 937 g/mol. The summed E-state index contributed by atoms with van der Waals surface area (Å²) in [5.74, 6) is 2.82. The number of hydrogen-bond donors (Lipinski definition) is 0. The van der Waals surface area contributed by atoms with Gasteiger partial charge in [-0.3, -0.25) is 0 Å². The first-order valence-corrected chi connectivity index (χ1v) is 27.4. The van der Waals surface area contributed by atoms with Gasteiger partial charge in [0, 0.05) is 35.5 Å². The molecule has 0 N–H and O–H groups in total. The van der Waals surface area contributed by atoms with Gasteiger partial charge in [-0.05, 0) is 87.4 Å². The van der Waals surface area contributed by atoms with Crippen molar-refractivity contribution in [3.05, 3.63) is 0 Å². The lowest BCUT2D eigenvalue weighted by Gasteiger charge is -2.53. The molecule has 0 aromatic rings. The minimum Gasteiger partial charge on any atom is -0.372 e. The molecule has 6 heterocycles. The molecule has 0 amide bonds. The zero-order valence-electron chi connectivity index (χ0n) is 45.3. The van der Waals surface area contributed by atoms with Crippen LogP contribution in [0, 0.1) is 76.9 Å². The van der Waals surface area contributed by atoms with Crippen molar-refractivity contribution in [2.24, 2.45) is 76.9 Å². The maximum Gasteiger partial charge on any atom is 0.184 e. The first kappa shape index (κ1) is 54.9. The molecule has 6 rings (SSSR count). The van der Waals surface area contributed by atoms with E-state index in [1.54, 1.807) is 0 Å². The van der Waals surface area contributed by atoms with Crippen molar-refractivity contribution >= 4 is 0 Å². The molecular formula is C55H100O11. The Morgan fingerprint density at radius 2 is 0.530 bits per heavy atom. The molecule has 386 valence electrons. The Hall–Kier alpha value is -0.440. The van der Waals surface area contributed by atoms with Crippen molar-refractivity contribution in [1.82, 2.24) is 0 Å². The largest absolute Gasteiger partial charge is 0.372 e. The molecule has 6 saturated heterocycles. The molecular weight excluding hydrogens is 837 g/mol. The van der Waals surface area contributed by atoms with E-state index in [1.807, 2.05) is 0 Å². The second-order valence-electron chi connectivity index (χ2n) is 23.0. The van der Waals surface area contributed by atoms with Crippen LogP contribution in [0.4, 0.5) is 0 Å². The highest BCUT2D eigenvalue weighted by Gasteiger charge is 2.54. The summed E-state index contributed by atoms with van der Waals surface area (Å²) in [6, 6.07) is 0. The lowest BCUT2D eigenvalue weighted by Crippen LogP contribution is -2.60. The molecule has 0 radical (unpaired) electrons. The predicted molar refractivity (Wildman–Crippen MR) is 258 cm³/mol. The van der Waals surface area contributed by atoms with Gasteiger partial charge in [-0.15, -0.1) is 0 Å². The third kappa shape index (κ3) is 11.1. The van der Waals surface area contributed by atoms with E-state index in [0.717, 1.165) is 32.1 Å². The van der Waals surface area contributed by atoms with Crippen LogP contribution in [0.1, 0.15) is 171 Å². The molecule has 0 bridgehead atoms. The molecule has 0 saturated carbocycles. The maximum absolute atomic E-state index is 7.33. The standard InChI is InChI=1S/C55H100O11/c1-21-41-29(9)31(11)50(66-51-33(13)26(6)27(7)40(20)57-51)55(60-41)63-47-36(16)43(23-3)58-53(38(47)18)62-46-35(15)42(22-2)59-54(37(46)17)65-49-32(12)34(14)52(61-45(49)25-5)64-48-30(10)28(8)39(19)56-44(48)24-4/h26-55H,21-25H2,1-20H3/t26-,27-,28-,29+,30?,31?,32?,33?,34-,35-,36-,37-,38-,39?,40?,41?,42?,43?,44?,45?,46?,47?,48-,49+,50-,51-,52-,53-,54+,55-/m0/s1. The van der Waals surface area contributed by atoms with Crippen LogP contribution in [-0.4, -0.2) is 105 Å². The molecule has 0 aromatic heterocycles. The monoisotopic (exact) mass is 937 g/mol. The van der Waals surface area contributed by atoms with Gasteiger partial charge in [0.2, 0.25) is 0 Å². The van der Waals surface area contributed by atoms with Gasteiger partial charge in [0.15, 0.2) is 31.5 Å². The molecule has 66 heavy (non-hydrogen) atoms. The topological polar surface area (TPSA) is 102 Å². The number of ether oxygens (including phenoxy) is 11. The third-order valence-corrected chi connectivity index (χ3v) is 19.2. The second-order valence-corrected chi connectivity index (χ2v) is 23.0. The quantitative estimate of drug-likeness (QED) is 0.157. The summed E-state index contributed by atoms with van der Waals surface area (Å²) in [6.07, 6.45) is 1.54. The molecule has 0 aliphatic carbocycles. The van der Waals surface area contributed by atoms with Crippen molar-refractivity contribution in [2.45, 2.75) is 275 Å². The molecule has 30 atom stereocenters. The number of rotatable bonds is 15. The summed E-state index contributed by atoms with van der Waals surface area (Å²) in [5.41, 5.74) is 0. The van der Waals surface area contributed by atoms with Crippen LogP contribution in [0.2, 0.25) is 0 Å². The van der Waals surface area contributed by atoms with Crippen molar-refractivity contribution in [1.29, 1.82) is 0 Å². The summed E-state index contributed by atoms with van der Waals surface area (Å²) < 4.78 is 76.7. The summed E-state index contributed by atoms with van der Waals surface area (Å²) >= 11 is 0. The van der Waals surface area contributed by atoms with E-state index in [0.29, 0.717) is 29.6 Å². The summed E-state index contributed by atoms with van der Waals surface area (Å²) in [7, 11) is 0. The molecule has 11 nitrogen and oxygen atoms in total. The maximum atomic E-state index is 7.33. The summed E-state index contributed by atoms with van der Waals surface area (Å²) in [6.45, 7) is 45.0. The fourth-order valence-electron chi connectivity index (χ4n) is 12.9. The Labute approximate surface area is 403 Å². The van der Waals surface area contributed by atoms with Crippen LogP contribution < -0.4 is 0 Å². The van der Waals surface area contributed by atoms with Gasteiger partial charge in [-0.25, -0.2) is 0 Å². The highest BCUT2D eigenvalue weighted by Crippen LogP contribution is 2.46. The average Bonchev–Trinajstić information content (AvgIpc) is 3.30. The third-order valence-electron chi connectivity index (χ3n) is 19.2. The van der Waals surface area contributed by atoms with Crippen LogP contribution in [0.25, 0.3) is 0 Å². The van der Waals surface area contributed by atoms with E-state index in [1.165, 1.54) is 0 Å². The Balaban J connectivity index is 1.18. The molecule has 6 aliphatic heterocycles. The van der Waals surface area contributed by atoms with E-state index >= 15 is 0 Å². The zero-order chi connectivity index (χ0) is 48.6. The van der Waals surface area contributed by atoms with Gasteiger partial charge >= 0.3 is 0 Å². The minimum atomic E-state index is -0.547. The van der Waals surface area contributed by atoms with Crippen LogP contribution in [-0.2, 0) is 52.1 Å². The Morgan fingerprint density at radius 1 is 0.227 bits per heavy atom. The van der Waals surface area contributed by atoms with E-state index < -0.39 is 18.9 Å². The van der Waals surface area contributed by atoms with Crippen molar-refractivity contribution in [2.75, 3.05) is 0 Å². The molecule has 6 aliphatic rings. The van der Waals surface area contributed by atoms with E-state index in [9.17, 15) is 0 Å². The van der Waals surface area contributed by atoms with Gasteiger partial charge in [0.05, 0.1) is 67.1 Å². The fourth-order valence-corrected chi connectivity index (χ4v) is 12.9. The van der Waals surface area contributed by atoms with Gasteiger partial charge in [0.1, 0.15) is 6.10 Å². The smallest absolute Gasteiger partial charge is 0.184 e. The lowest BCUT2D eigenvalue weighted by atomic mass is 9.79. The van der Waals surface area contributed by atoms with E-state index in [4.69, 9.17) is 52.1 Å². The second kappa shape index (κ2) is 23.4. The Bertz CT molecular complexity index is 1470. The fraction of sp³-hybridized carbons (Fsp3) is 1.00. The molecule has 11 heteroatoms. The normalized spacial score (nSPS) is 54.0. The SMILES string of the molecule is CCC1O[C@H](O[C@H]2C(CC)O[C@@H](O[C@@H]3C(CC)OC(C)[C@@H](C)C3C)[C@@H](C)C2C)[C@@H](C)C(O[C@@H]2OC(CC)[C@H](C)C(O[C@@H]3OC(CC)[C@H](C)C(C)[C@@H]3O[C@@H]3OC(C)[C@@H](C)[C@H](C)C3C)[C@@H]2C)[C@H]1C. The molecule has 6 fully saturated rings. The Kier molecular flexibility index (Phi) is 19.5. The van der Waals surface area contributed by atoms with Crippen LogP contribution >= 0.6 is 0 Å². The number of hydrogen-bond acceptors (Lipinski definition) is 11. The van der Waals surface area contributed by atoms with Gasteiger partial charge in [-0.2, -0.15) is 0 Å². The zero-order valence-corrected chi connectivity index (χ0v) is 45.3. The highest BCUT2D eigenvalue weighted by atomic mass is 16.8. The van der Waals surface area contributed by atoms with Crippen LogP contribution in [0.3, 0.4) is 0 Å². The molecule has 13 unspecified atom stereocenters. The summed E-state index contributed by atoms with van der Waals surface area (Å²) in [5, 5.41) is 0. The van der Waals surface area contributed by atoms with Crippen molar-refractivity contribution in [3.8, 4) is 0 Å². The lowest BCUT2D eigenvalue weighted by molar-refractivity contribution is -0.373. The first-order valence-electron chi connectivity index (χ1n) is 27.4. The van der Waals surface area contributed by atoms with Crippen LogP contribution in [0.15, 0.2) is 0 Å². The minimum absolute atomic E-state index is 0.0193. The predicted octanol–water partition coefficient (Wildman–Crippen LogP) is 11.7. The van der Waals surface area contributed by atoms with Gasteiger partial charge in [0.25, 0.3) is 0 Å². The Morgan fingerprint density at radius 3 is 1.03 bits per heavy atom. The van der Waals surface area contributed by atoms with E-state index in [2.05, 4.69) is 138 Å². The van der Waals surface area contributed by atoms with Crippen molar-refractivity contribution in [3.63, 3.8) is 0 Å².